The molecule has 2 N–H and O–H groups in total. The summed E-state index contributed by atoms with van der Waals surface area (Å²) in [5, 5.41) is 17.0. The normalized spacial score (nSPS) is 10.6. The number of carbonyl (C=O) groups is 1. The van der Waals surface area contributed by atoms with Gasteiger partial charge in [0, 0.05) is 6.42 Å². The van der Waals surface area contributed by atoms with Crippen molar-refractivity contribution in [3.63, 3.8) is 0 Å². The number of ether oxygens (including phenoxy) is 1. The number of esters is 1. The summed E-state index contributed by atoms with van der Waals surface area (Å²) in [6.45, 7) is 1.16. The van der Waals surface area contributed by atoms with Crippen molar-refractivity contribution in [2.24, 2.45) is 0 Å². The Morgan fingerprint density at radius 2 is 2.00 bits per heavy atom. The molecule has 0 aliphatic rings. The highest BCUT2D eigenvalue weighted by atomic mass is 16.5. The summed E-state index contributed by atoms with van der Waals surface area (Å²) in [7, 11) is 0. The molecule has 0 heterocycles. The Morgan fingerprint density at radius 3 is 2.33 bits per heavy atom. The molecule has 0 fully saturated rings. The zero-order valence-electron chi connectivity index (χ0n) is 5.91. The van der Waals surface area contributed by atoms with Gasteiger partial charge in [-0.05, 0) is 0 Å². The predicted molar refractivity (Wildman–Crippen MR) is 47.8 cm³/mol. The van der Waals surface area contributed by atoms with E-state index in [9.17, 15) is 4.79 Å². The van der Waals surface area contributed by atoms with Crippen molar-refractivity contribution in [2.75, 3.05) is 13.2 Å². The molecule has 0 saturated carbocycles. The molecule has 0 saturated heterocycles. The first-order valence-corrected chi connectivity index (χ1v) is 3.15. The van der Waals surface area contributed by atoms with Crippen LogP contribution in [0.1, 0.15) is 28.2 Å². The van der Waals surface area contributed by atoms with Crippen LogP contribution in [0.4, 0.5) is 0 Å². The second kappa shape index (κ2) is 10.4. The molecule has 0 amide bonds. The SMILES string of the molecule is C.C.CCC(=O)OCC(O)CO. The third-order valence-corrected chi connectivity index (χ3v) is 0.936. The smallest absolute Gasteiger partial charge is 0.305 e. The van der Waals surface area contributed by atoms with E-state index < -0.39 is 6.10 Å². The quantitative estimate of drug-likeness (QED) is 0.620. The van der Waals surface area contributed by atoms with Gasteiger partial charge in [0.25, 0.3) is 0 Å². The van der Waals surface area contributed by atoms with Crippen molar-refractivity contribution < 1.29 is 19.7 Å². The maximum Gasteiger partial charge on any atom is 0.305 e. The van der Waals surface area contributed by atoms with E-state index in [-0.39, 0.29) is 40.5 Å². The molecule has 76 valence electrons. The van der Waals surface area contributed by atoms with Crippen molar-refractivity contribution >= 4 is 5.97 Å². The Balaban J connectivity index is -0.000000405. The molecule has 0 aliphatic heterocycles. The van der Waals surface area contributed by atoms with E-state index in [1.807, 2.05) is 0 Å². The van der Waals surface area contributed by atoms with Crippen LogP contribution in [0.3, 0.4) is 0 Å². The molecule has 1 atom stereocenters. The fourth-order valence-corrected chi connectivity index (χ4v) is 0.344. The van der Waals surface area contributed by atoms with Crippen molar-refractivity contribution in [1.82, 2.24) is 0 Å². The Kier molecular flexibility index (Phi) is 15.1. The largest absolute Gasteiger partial charge is 0.463 e. The molecule has 0 rings (SSSR count). The molecule has 0 bridgehead atoms. The van der Waals surface area contributed by atoms with Crippen LogP contribution < -0.4 is 0 Å². The van der Waals surface area contributed by atoms with E-state index in [4.69, 9.17) is 10.2 Å². The number of hydrogen-bond acceptors (Lipinski definition) is 4. The van der Waals surface area contributed by atoms with E-state index in [0.29, 0.717) is 0 Å². The van der Waals surface area contributed by atoms with Gasteiger partial charge in [0.15, 0.2) is 0 Å². The highest BCUT2D eigenvalue weighted by Gasteiger charge is 2.04. The fourth-order valence-electron chi connectivity index (χ4n) is 0.344. The highest BCUT2D eigenvalue weighted by molar-refractivity contribution is 5.68. The van der Waals surface area contributed by atoms with Gasteiger partial charge >= 0.3 is 5.97 Å². The first-order valence-electron chi connectivity index (χ1n) is 3.15. The molecule has 4 heteroatoms. The van der Waals surface area contributed by atoms with Crippen molar-refractivity contribution in [2.45, 2.75) is 34.3 Å². The number of hydrogen-bond donors (Lipinski definition) is 2. The first-order chi connectivity index (χ1) is 4.70. The summed E-state index contributed by atoms with van der Waals surface area (Å²) < 4.78 is 4.49. The molecular weight excluding hydrogens is 160 g/mol. The molecule has 0 aliphatic carbocycles. The monoisotopic (exact) mass is 180 g/mol. The minimum Gasteiger partial charge on any atom is -0.463 e. The standard InChI is InChI=1S/C6H12O4.2CH4/c1-2-6(9)10-4-5(8)3-7;;/h5,7-8H,2-4H2,1H3;2*1H4. The van der Waals surface area contributed by atoms with Crippen LogP contribution in [0.15, 0.2) is 0 Å². The molecule has 0 aromatic carbocycles. The topological polar surface area (TPSA) is 66.8 Å². The average molecular weight is 180 g/mol. The van der Waals surface area contributed by atoms with Gasteiger partial charge in [0.1, 0.15) is 12.7 Å². The molecule has 12 heavy (non-hydrogen) atoms. The third-order valence-electron chi connectivity index (χ3n) is 0.936. The summed E-state index contributed by atoms with van der Waals surface area (Å²) in [6, 6.07) is 0. The van der Waals surface area contributed by atoms with E-state index in [0.717, 1.165) is 0 Å². The summed E-state index contributed by atoms with van der Waals surface area (Å²) in [5.74, 6) is -0.368. The van der Waals surface area contributed by atoms with Crippen LogP contribution in [0.5, 0.6) is 0 Å². The number of aliphatic hydroxyl groups excluding tert-OH is 2. The molecule has 4 nitrogen and oxygen atoms in total. The van der Waals surface area contributed by atoms with Gasteiger partial charge in [-0.25, -0.2) is 0 Å². The third kappa shape index (κ3) is 9.39. The lowest BCUT2D eigenvalue weighted by atomic mass is 10.4. The van der Waals surface area contributed by atoms with Crippen LogP contribution in [0.2, 0.25) is 0 Å². The minimum absolute atomic E-state index is 0. The van der Waals surface area contributed by atoms with E-state index >= 15 is 0 Å². The zero-order valence-corrected chi connectivity index (χ0v) is 5.91. The second-order valence-electron chi connectivity index (χ2n) is 1.87. The van der Waals surface area contributed by atoms with Gasteiger partial charge in [0.2, 0.25) is 0 Å². The van der Waals surface area contributed by atoms with Crippen LogP contribution in [0.25, 0.3) is 0 Å². The summed E-state index contributed by atoms with van der Waals surface area (Å²) in [4.78, 5) is 10.4. The van der Waals surface area contributed by atoms with Gasteiger partial charge in [-0.1, -0.05) is 21.8 Å². The maximum atomic E-state index is 10.4. The van der Waals surface area contributed by atoms with Gasteiger partial charge in [-0.3, -0.25) is 4.79 Å². The Morgan fingerprint density at radius 1 is 1.50 bits per heavy atom. The second-order valence-corrected chi connectivity index (χ2v) is 1.87. The lowest BCUT2D eigenvalue weighted by molar-refractivity contribution is -0.146. The number of carbonyl (C=O) groups excluding carboxylic acids is 1. The number of aliphatic hydroxyl groups is 2. The van der Waals surface area contributed by atoms with Gasteiger partial charge in [-0.15, -0.1) is 0 Å². The van der Waals surface area contributed by atoms with E-state index in [1.165, 1.54) is 0 Å². The van der Waals surface area contributed by atoms with Gasteiger partial charge in [0.05, 0.1) is 6.61 Å². The summed E-state index contributed by atoms with van der Waals surface area (Å²) in [5.41, 5.74) is 0. The lowest BCUT2D eigenvalue weighted by Gasteiger charge is -2.06. The number of rotatable bonds is 4. The van der Waals surface area contributed by atoms with E-state index in [1.54, 1.807) is 6.92 Å². The first kappa shape index (κ1) is 17.5. The zero-order chi connectivity index (χ0) is 7.98. The molecule has 0 spiro atoms. The van der Waals surface area contributed by atoms with Gasteiger partial charge < -0.3 is 14.9 Å². The van der Waals surface area contributed by atoms with Gasteiger partial charge in [-0.2, -0.15) is 0 Å². The minimum atomic E-state index is -0.949. The summed E-state index contributed by atoms with van der Waals surface area (Å²) >= 11 is 0. The lowest BCUT2D eigenvalue weighted by Crippen LogP contribution is -2.21. The fraction of sp³-hybridized carbons (Fsp3) is 0.875. The summed E-state index contributed by atoms with van der Waals surface area (Å²) in [6.07, 6.45) is -0.659. The Bertz CT molecular complexity index is 103. The molecule has 0 aromatic heterocycles. The van der Waals surface area contributed by atoms with Crippen LogP contribution in [0, 0.1) is 0 Å². The van der Waals surface area contributed by atoms with Crippen LogP contribution >= 0.6 is 0 Å². The van der Waals surface area contributed by atoms with E-state index in [2.05, 4.69) is 4.74 Å². The maximum absolute atomic E-state index is 10.4. The molecular formula is C8H20O4. The van der Waals surface area contributed by atoms with Crippen molar-refractivity contribution in [3.05, 3.63) is 0 Å². The predicted octanol–water partition coefficient (Wildman–Crippen LogP) is 0.565. The molecule has 0 aromatic rings. The average Bonchev–Trinajstić information content (AvgIpc) is 1.99. The Labute approximate surface area is 74.2 Å². The van der Waals surface area contributed by atoms with Crippen molar-refractivity contribution in [1.29, 1.82) is 0 Å². The molecule has 0 radical (unpaired) electrons. The van der Waals surface area contributed by atoms with Crippen LogP contribution in [-0.2, 0) is 9.53 Å². The highest BCUT2D eigenvalue weighted by Crippen LogP contribution is 1.87. The molecule has 1 unspecified atom stereocenters. The van der Waals surface area contributed by atoms with Crippen LogP contribution in [-0.4, -0.2) is 35.5 Å². The van der Waals surface area contributed by atoms with Crippen molar-refractivity contribution in [3.8, 4) is 0 Å². The Hall–Kier alpha value is -0.610.